The van der Waals surface area contributed by atoms with Crippen molar-refractivity contribution in [3.63, 3.8) is 0 Å². The van der Waals surface area contributed by atoms with Gasteiger partial charge < -0.3 is 9.91 Å². The molecule has 0 bridgehead atoms. The first-order valence-electron chi connectivity index (χ1n) is 7.89. The molecule has 1 aromatic heterocycles. The van der Waals surface area contributed by atoms with E-state index in [9.17, 15) is 8.78 Å². The maximum atomic E-state index is 13.6. The smallest absolute Gasteiger partial charge is 0.493 e. The molecule has 7 nitrogen and oxygen atoms in total. The number of aromatic nitrogens is 3. The molecule has 2 heterocycles. The summed E-state index contributed by atoms with van der Waals surface area (Å²) in [6.07, 6.45) is 4.09. The standard InChI is InChI=1S/C10H3F2N4.C9H9N3.Ir/c11-8-2-1-6(9(12)7(8)3-13)10-15-4-14-5-16-10;1-11-7-10-12(8-11)9-5-3-2-4-6-9;/h2,4-5H;2-5,7-8H,1H3;/q-1;-2;+3. The second-order valence-electron chi connectivity index (χ2n) is 5.38. The van der Waals surface area contributed by atoms with E-state index < -0.39 is 17.2 Å². The number of benzene rings is 2. The normalized spacial score (nSPS) is 11.9. The molecule has 0 N–H and O–H groups in total. The molecule has 1 aliphatic heterocycles. The molecular weight excluding hydrogens is 556 g/mol. The summed E-state index contributed by atoms with van der Waals surface area (Å²) in [5.74, 6) is -1.98. The quantitative estimate of drug-likeness (QED) is 0.443. The van der Waals surface area contributed by atoms with Crippen LogP contribution in [0.4, 0.5) is 14.5 Å². The summed E-state index contributed by atoms with van der Waals surface area (Å²) < 4.78 is 26.6. The van der Waals surface area contributed by atoms with E-state index in [0.717, 1.165) is 11.8 Å². The SMILES string of the molecule is CN1C=NN(c2[c-]cccc2)[CH-]1.N#Cc1c(F)c[c-]c(-c2ncncn2)c1F.[Ir+3]. The molecule has 3 aromatic rings. The van der Waals surface area contributed by atoms with Gasteiger partial charge in [0, 0.05) is 5.56 Å². The van der Waals surface area contributed by atoms with E-state index in [1.807, 2.05) is 42.9 Å². The summed E-state index contributed by atoms with van der Waals surface area (Å²) in [6, 6.07) is 15.5. The van der Waals surface area contributed by atoms with Crippen LogP contribution in [0, 0.1) is 41.8 Å². The summed E-state index contributed by atoms with van der Waals surface area (Å²) in [7, 11) is 1.94. The Morgan fingerprint density at radius 2 is 1.93 bits per heavy atom. The summed E-state index contributed by atoms with van der Waals surface area (Å²) in [4.78, 5) is 12.8. The van der Waals surface area contributed by atoms with Crippen LogP contribution in [0.5, 0.6) is 0 Å². The van der Waals surface area contributed by atoms with Crippen molar-refractivity contribution in [2.75, 3.05) is 12.1 Å². The zero-order chi connectivity index (χ0) is 19.9. The van der Waals surface area contributed by atoms with Crippen LogP contribution < -0.4 is 5.01 Å². The van der Waals surface area contributed by atoms with E-state index in [1.54, 1.807) is 11.3 Å². The largest absolute Gasteiger partial charge is 3.00 e. The minimum Gasteiger partial charge on any atom is -0.493 e. The van der Waals surface area contributed by atoms with Gasteiger partial charge in [0.15, 0.2) is 0 Å². The third-order valence-corrected chi connectivity index (χ3v) is 3.44. The van der Waals surface area contributed by atoms with Crippen LogP contribution in [0.25, 0.3) is 11.4 Å². The van der Waals surface area contributed by atoms with Crippen LogP contribution in [0.15, 0.2) is 48.1 Å². The minimum absolute atomic E-state index is 0. The monoisotopic (exact) mass is 569 g/mol. The molecular formula is C19H12F2IrN7. The van der Waals surface area contributed by atoms with E-state index in [4.69, 9.17) is 5.26 Å². The first-order valence-corrected chi connectivity index (χ1v) is 7.89. The van der Waals surface area contributed by atoms with Gasteiger partial charge in [0.1, 0.15) is 12.7 Å². The Bertz CT molecular complexity index is 1010. The summed E-state index contributed by atoms with van der Waals surface area (Å²) in [6.45, 7) is 1.89. The molecule has 0 atom stereocenters. The second-order valence-corrected chi connectivity index (χ2v) is 5.38. The van der Waals surface area contributed by atoms with Crippen LogP contribution in [-0.4, -0.2) is 33.2 Å². The van der Waals surface area contributed by atoms with Crippen LogP contribution >= 0.6 is 0 Å². The number of hydrogen-bond acceptors (Lipinski definition) is 7. The number of hydrazone groups is 1. The number of rotatable bonds is 2. The Morgan fingerprint density at radius 1 is 1.17 bits per heavy atom. The van der Waals surface area contributed by atoms with E-state index in [1.165, 1.54) is 18.7 Å². The Morgan fingerprint density at radius 3 is 2.52 bits per heavy atom. The molecule has 0 spiro atoms. The van der Waals surface area contributed by atoms with Gasteiger partial charge in [-0.3, -0.25) is 18.7 Å². The first kappa shape index (κ1) is 22.0. The zero-order valence-electron chi connectivity index (χ0n) is 14.9. The average Bonchev–Trinajstić information content (AvgIpc) is 3.17. The molecule has 10 heteroatoms. The number of nitriles is 1. The molecule has 0 saturated heterocycles. The number of hydrogen-bond donors (Lipinski definition) is 0. The Kier molecular flexibility index (Phi) is 7.83. The van der Waals surface area contributed by atoms with E-state index in [0.29, 0.717) is 0 Å². The molecule has 0 aliphatic carbocycles. The van der Waals surface area contributed by atoms with Gasteiger partial charge in [-0.15, -0.1) is 24.9 Å². The van der Waals surface area contributed by atoms with Gasteiger partial charge in [-0.25, -0.2) is 4.98 Å². The van der Waals surface area contributed by atoms with Crippen LogP contribution in [0.3, 0.4) is 0 Å². The maximum absolute atomic E-state index is 13.6. The van der Waals surface area contributed by atoms with Crippen LogP contribution in [0.1, 0.15) is 5.56 Å². The summed E-state index contributed by atoms with van der Waals surface area (Å²) >= 11 is 0. The number of para-hydroxylation sites is 1. The molecule has 29 heavy (non-hydrogen) atoms. The van der Waals surface area contributed by atoms with E-state index in [2.05, 4.69) is 32.2 Å². The van der Waals surface area contributed by atoms with Gasteiger partial charge in [0.05, 0.1) is 29.9 Å². The molecule has 0 fully saturated rings. The van der Waals surface area contributed by atoms with Crippen molar-refractivity contribution in [1.82, 2.24) is 19.9 Å². The van der Waals surface area contributed by atoms with E-state index >= 15 is 0 Å². The van der Waals surface area contributed by atoms with Crippen molar-refractivity contribution in [2.24, 2.45) is 5.10 Å². The molecule has 4 rings (SSSR count). The van der Waals surface area contributed by atoms with Crippen molar-refractivity contribution < 1.29 is 28.9 Å². The van der Waals surface area contributed by atoms with Crippen molar-refractivity contribution in [3.8, 4) is 17.5 Å². The predicted molar refractivity (Wildman–Crippen MR) is 97.0 cm³/mol. The third kappa shape index (κ3) is 5.38. The van der Waals surface area contributed by atoms with Gasteiger partial charge in [-0.1, -0.05) is 11.3 Å². The predicted octanol–water partition coefficient (Wildman–Crippen LogP) is 2.79. The molecule has 1 aliphatic rings. The maximum Gasteiger partial charge on any atom is 3.00 e. The second kappa shape index (κ2) is 10.3. The number of anilines is 1. The van der Waals surface area contributed by atoms with Crippen molar-refractivity contribution >= 4 is 12.0 Å². The fourth-order valence-corrected chi connectivity index (χ4v) is 2.15. The van der Waals surface area contributed by atoms with Crippen molar-refractivity contribution in [2.45, 2.75) is 0 Å². The third-order valence-electron chi connectivity index (χ3n) is 3.44. The van der Waals surface area contributed by atoms with Crippen molar-refractivity contribution in [1.29, 1.82) is 5.26 Å². The molecule has 0 radical (unpaired) electrons. The van der Waals surface area contributed by atoms with Gasteiger partial charge in [-0.05, 0) is 7.05 Å². The van der Waals surface area contributed by atoms with Crippen LogP contribution in [0.2, 0.25) is 0 Å². The molecule has 2 aromatic carbocycles. The first-order chi connectivity index (χ1) is 13.6. The minimum atomic E-state index is -1.02. The average molecular weight is 569 g/mol. The molecule has 0 saturated carbocycles. The summed E-state index contributed by atoms with van der Waals surface area (Å²) in [5.41, 5.74) is 0.132. The van der Waals surface area contributed by atoms with Crippen molar-refractivity contribution in [3.05, 3.63) is 79.0 Å². The van der Waals surface area contributed by atoms with Gasteiger partial charge in [0.2, 0.25) is 0 Å². The number of nitrogens with zero attached hydrogens (tertiary/aromatic N) is 7. The molecule has 0 unspecified atom stereocenters. The fourth-order valence-electron chi connectivity index (χ4n) is 2.15. The molecule has 146 valence electrons. The Balaban J connectivity index is 0.000000207. The topological polar surface area (TPSA) is 81.3 Å². The Labute approximate surface area is 179 Å². The zero-order valence-corrected chi connectivity index (χ0v) is 17.3. The van der Waals surface area contributed by atoms with Crippen LogP contribution in [-0.2, 0) is 20.1 Å². The fraction of sp³-hybridized carbons (Fsp3) is 0.0526. The Hall–Kier alpha value is -3.28. The van der Waals surface area contributed by atoms with Gasteiger partial charge >= 0.3 is 20.1 Å². The van der Waals surface area contributed by atoms with Gasteiger partial charge in [0.25, 0.3) is 0 Å². The molecule has 0 amide bonds. The van der Waals surface area contributed by atoms with E-state index in [-0.39, 0.29) is 31.5 Å². The van der Waals surface area contributed by atoms with Gasteiger partial charge in [-0.2, -0.15) is 34.6 Å². The number of halogens is 2. The summed E-state index contributed by atoms with van der Waals surface area (Å²) in [5, 5.41) is 14.5.